The molecule has 1 N–H and O–H groups in total. The summed E-state index contributed by atoms with van der Waals surface area (Å²) in [6.07, 6.45) is 3.65. The van der Waals surface area contributed by atoms with Crippen LogP contribution in [0.5, 0.6) is 0 Å². The molecule has 3 aromatic rings. The van der Waals surface area contributed by atoms with Crippen molar-refractivity contribution in [2.75, 3.05) is 12.4 Å². The quantitative estimate of drug-likeness (QED) is 0.600. The fraction of sp³-hybridized carbons (Fsp3) is 0.278. The Kier molecular flexibility index (Phi) is 6.36. The van der Waals surface area contributed by atoms with Crippen molar-refractivity contribution in [3.63, 3.8) is 0 Å². The summed E-state index contributed by atoms with van der Waals surface area (Å²) in [6.45, 7) is 4.03. The molecule has 27 heavy (non-hydrogen) atoms. The standard InChI is InChI=1S/C18H20Cl2N6S/c1-3-26-13(7-9-21-26)11-24(2)18(27)22-17-8-10-25(23-17)12-14-15(19)5-4-6-16(14)20/h4-10H,3,11-12H2,1-2H3,(H,22,23,27). The maximum atomic E-state index is 6.23. The van der Waals surface area contributed by atoms with E-state index in [1.807, 2.05) is 53.2 Å². The number of aromatic nitrogens is 4. The summed E-state index contributed by atoms with van der Waals surface area (Å²) in [6, 6.07) is 9.31. The molecule has 6 nitrogen and oxygen atoms in total. The zero-order valence-electron chi connectivity index (χ0n) is 15.1. The molecule has 142 valence electrons. The number of nitrogens with one attached hydrogen (secondary N) is 1. The first-order valence-corrected chi connectivity index (χ1v) is 9.63. The fourth-order valence-corrected chi connectivity index (χ4v) is 3.35. The summed E-state index contributed by atoms with van der Waals surface area (Å²) in [5, 5.41) is 13.8. The average Bonchev–Trinajstić information content (AvgIpc) is 3.27. The average molecular weight is 423 g/mol. The first kappa shape index (κ1) is 19.7. The van der Waals surface area contributed by atoms with Gasteiger partial charge in [0.25, 0.3) is 0 Å². The number of benzene rings is 1. The predicted molar refractivity (Wildman–Crippen MR) is 113 cm³/mol. The Morgan fingerprint density at radius 1 is 1.22 bits per heavy atom. The number of nitrogens with zero attached hydrogens (tertiary/aromatic N) is 5. The van der Waals surface area contributed by atoms with Crippen LogP contribution in [-0.2, 0) is 19.6 Å². The Morgan fingerprint density at radius 2 is 1.96 bits per heavy atom. The van der Waals surface area contributed by atoms with Gasteiger partial charge in [0.1, 0.15) is 0 Å². The highest BCUT2D eigenvalue weighted by Crippen LogP contribution is 2.25. The number of hydrogen-bond donors (Lipinski definition) is 1. The molecule has 0 aliphatic rings. The molecule has 0 amide bonds. The molecule has 0 radical (unpaired) electrons. The third-order valence-corrected chi connectivity index (χ3v) is 5.23. The molecule has 0 aliphatic carbocycles. The van der Waals surface area contributed by atoms with Gasteiger partial charge in [-0.2, -0.15) is 10.2 Å². The van der Waals surface area contributed by atoms with Gasteiger partial charge < -0.3 is 10.2 Å². The van der Waals surface area contributed by atoms with Gasteiger partial charge in [0.05, 0.1) is 18.8 Å². The van der Waals surface area contributed by atoms with E-state index >= 15 is 0 Å². The minimum atomic E-state index is 0.485. The van der Waals surface area contributed by atoms with E-state index in [1.54, 1.807) is 10.9 Å². The molecule has 2 heterocycles. The molecule has 0 saturated heterocycles. The van der Waals surface area contributed by atoms with Gasteiger partial charge >= 0.3 is 0 Å². The third kappa shape index (κ3) is 4.80. The SMILES string of the molecule is CCn1nccc1CN(C)C(=S)Nc1ccn(Cc2c(Cl)cccc2Cl)n1. The Balaban J connectivity index is 1.62. The van der Waals surface area contributed by atoms with Crippen molar-refractivity contribution in [1.29, 1.82) is 0 Å². The minimum Gasteiger partial charge on any atom is -0.346 e. The molecular weight excluding hydrogens is 403 g/mol. The van der Waals surface area contributed by atoms with Crippen LogP contribution >= 0.6 is 35.4 Å². The summed E-state index contributed by atoms with van der Waals surface area (Å²) < 4.78 is 3.71. The second-order valence-electron chi connectivity index (χ2n) is 6.02. The lowest BCUT2D eigenvalue weighted by Gasteiger charge is -2.20. The van der Waals surface area contributed by atoms with E-state index in [0.29, 0.717) is 34.1 Å². The van der Waals surface area contributed by atoms with E-state index in [4.69, 9.17) is 35.4 Å². The fourth-order valence-electron chi connectivity index (χ4n) is 2.66. The van der Waals surface area contributed by atoms with Crippen LogP contribution in [0.4, 0.5) is 5.82 Å². The van der Waals surface area contributed by atoms with Gasteiger partial charge in [-0.15, -0.1) is 0 Å². The first-order chi connectivity index (χ1) is 13.0. The molecule has 0 aliphatic heterocycles. The number of halogens is 2. The highest BCUT2D eigenvalue weighted by molar-refractivity contribution is 7.80. The van der Waals surface area contributed by atoms with Gasteiger partial charge in [0, 0.05) is 47.7 Å². The third-order valence-electron chi connectivity index (χ3n) is 4.11. The van der Waals surface area contributed by atoms with Gasteiger partial charge in [0.2, 0.25) is 0 Å². The summed E-state index contributed by atoms with van der Waals surface area (Å²) in [7, 11) is 1.93. The molecule has 0 bridgehead atoms. The van der Waals surface area contributed by atoms with Crippen molar-refractivity contribution < 1.29 is 0 Å². The molecule has 9 heteroatoms. The monoisotopic (exact) mass is 422 g/mol. The Hall–Kier alpha value is -2.09. The number of anilines is 1. The van der Waals surface area contributed by atoms with Gasteiger partial charge in [-0.3, -0.25) is 9.36 Å². The first-order valence-electron chi connectivity index (χ1n) is 8.47. The zero-order chi connectivity index (χ0) is 19.4. The van der Waals surface area contributed by atoms with E-state index in [1.165, 1.54) is 0 Å². The molecule has 0 fully saturated rings. The van der Waals surface area contributed by atoms with Crippen LogP contribution in [0, 0.1) is 0 Å². The van der Waals surface area contributed by atoms with Crippen LogP contribution in [0.2, 0.25) is 10.0 Å². The van der Waals surface area contributed by atoms with E-state index in [-0.39, 0.29) is 0 Å². The maximum Gasteiger partial charge on any atom is 0.174 e. The van der Waals surface area contributed by atoms with Crippen molar-refractivity contribution in [2.45, 2.75) is 26.6 Å². The van der Waals surface area contributed by atoms with Gasteiger partial charge in [0.15, 0.2) is 10.9 Å². The Labute approximate surface area is 173 Å². The van der Waals surface area contributed by atoms with Gasteiger partial charge in [-0.25, -0.2) is 0 Å². The zero-order valence-corrected chi connectivity index (χ0v) is 17.4. The molecular formula is C18H20Cl2N6S. The highest BCUT2D eigenvalue weighted by Gasteiger charge is 2.11. The summed E-state index contributed by atoms with van der Waals surface area (Å²) in [5.74, 6) is 0.666. The largest absolute Gasteiger partial charge is 0.346 e. The number of rotatable bonds is 6. The summed E-state index contributed by atoms with van der Waals surface area (Å²) in [5.41, 5.74) is 1.94. The molecule has 3 rings (SSSR count). The predicted octanol–water partition coefficient (Wildman–Crippen LogP) is 4.28. The number of aryl methyl sites for hydroxylation is 1. The molecule has 0 saturated carbocycles. The van der Waals surface area contributed by atoms with Crippen molar-refractivity contribution in [3.8, 4) is 0 Å². The lowest BCUT2D eigenvalue weighted by Crippen LogP contribution is -2.31. The smallest absolute Gasteiger partial charge is 0.174 e. The number of hydrogen-bond acceptors (Lipinski definition) is 3. The summed E-state index contributed by atoms with van der Waals surface area (Å²) in [4.78, 5) is 1.95. The van der Waals surface area contributed by atoms with Crippen LogP contribution in [-0.4, -0.2) is 36.6 Å². The summed E-state index contributed by atoms with van der Waals surface area (Å²) >= 11 is 17.9. The van der Waals surface area contributed by atoms with Crippen LogP contribution in [0.3, 0.4) is 0 Å². The Bertz CT molecular complexity index is 915. The van der Waals surface area contributed by atoms with Crippen LogP contribution in [0.1, 0.15) is 18.2 Å². The van der Waals surface area contributed by atoms with Crippen LogP contribution in [0.15, 0.2) is 42.7 Å². The molecule has 1 aromatic carbocycles. The van der Waals surface area contributed by atoms with E-state index in [2.05, 4.69) is 22.4 Å². The van der Waals surface area contributed by atoms with Gasteiger partial charge in [-0.05, 0) is 37.3 Å². The lowest BCUT2D eigenvalue weighted by molar-refractivity contribution is 0.471. The van der Waals surface area contributed by atoms with Crippen molar-refractivity contribution in [1.82, 2.24) is 24.5 Å². The lowest BCUT2D eigenvalue weighted by atomic mass is 10.2. The molecule has 2 aromatic heterocycles. The van der Waals surface area contributed by atoms with Crippen molar-refractivity contribution in [3.05, 3.63) is 64.0 Å². The molecule has 0 unspecified atom stereocenters. The molecule has 0 atom stereocenters. The second-order valence-corrected chi connectivity index (χ2v) is 7.22. The highest BCUT2D eigenvalue weighted by atomic mass is 35.5. The van der Waals surface area contributed by atoms with Crippen molar-refractivity contribution >= 4 is 46.4 Å². The second kappa shape index (κ2) is 8.73. The van der Waals surface area contributed by atoms with Crippen LogP contribution in [0.25, 0.3) is 0 Å². The van der Waals surface area contributed by atoms with E-state index in [0.717, 1.165) is 17.8 Å². The van der Waals surface area contributed by atoms with E-state index < -0.39 is 0 Å². The Morgan fingerprint density at radius 3 is 2.67 bits per heavy atom. The minimum absolute atomic E-state index is 0.485. The maximum absolute atomic E-state index is 6.23. The normalized spacial score (nSPS) is 10.8. The molecule has 0 spiro atoms. The van der Waals surface area contributed by atoms with Gasteiger partial charge in [-0.1, -0.05) is 29.3 Å². The number of thiocarbonyl (C=S) groups is 1. The van der Waals surface area contributed by atoms with Crippen molar-refractivity contribution in [2.24, 2.45) is 0 Å². The topological polar surface area (TPSA) is 50.9 Å². The van der Waals surface area contributed by atoms with E-state index in [9.17, 15) is 0 Å². The van der Waals surface area contributed by atoms with Crippen LogP contribution < -0.4 is 5.32 Å².